The van der Waals surface area contributed by atoms with Crippen LogP contribution in [-0.2, 0) is 19.1 Å². The van der Waals surface area contributed by atoms with Crippen molar-refractivity contribution in [2.45, 2.75) is 0 Å². The van der Waals surface area contributed by atoms with Crippen LogP contribution in [0, 0.1) is 0 Å². The number of ether oxygens (including phenoxy) is 2. The van der Waals surface area contributed by atoms with Gasteiger partial charge < -0.3 is 9.47 Å². The van der Waals surface area contributed by atoms with Crippen LogP contribution in [0.1, 0.15) is 20.7 Å². The Kier molecular flexibility index (Phi) is 5.16. The van der Waals surface area contributed by atoms with Crippen molar-refractivity contribution in [1.82, 2.24) is 0 Å². The Bertz CT molecular complexity index is 532. The molecule has 0 bridgehead atoms. The summed E-state index contributed by atoms with van der Waals surface area (Å²) in [6.07, 6.45) is 1.23. The topological polar surface area (TPSA) is 86.7 Å². The number of carbonyl (C=O) groups excluding carboxylic acids is 4. The van der Waals surface area contributed by atoms with E-state index in [-0.39, 0.29) is 11.1 Å². The van der Waals surface area contributed by atoms with E-state index < -0.39 is 24.5 Å². The largest absolute Gasteiger partial charge is 0.454 e. The van der Waals surface area contributed by atoms with Gasteiger partial charge in [-0.2, -0.15) is 0 Å². The first-order valence-electron chi connectivity index (χ1n) is 5.18. The average molecular weight is 262 g/mol. The van der Waals surface area contributed by atoms with Crippen LogP contribution in [0.25, 0.3) is 0 Å². The fourth-order valence-corrected chi connectivity index (χ4v) is 1.21. The van der Waals surface area contributed by atoms with Gasteiger partial charge >= 0.3 is 17.9 Å². The molecule has 0 fully saturated rings. The van der Waals surface area contributed by atoms with E-state index in [9.17, 15) is 19.2 Å². The summed E-state index contributed by atoms with van der Waals surface area (Å²) in [4.78, 5) is 44.3. The lowest BCUT2D eigenvalue weighted by Gasteiger charge is -2.06. The van der Waals surface area contributed by atoms with Crippen LogP contribution in [-0.4, -0.2) is 30.8 Å². The number of hydrogen-bond acceptors (Lipinski definition) is 6. The molecular weight excluding hydrogens is 252 g/mol. The lowest BCUT2D eigenvalue weighted by molar-refractivity contribution is -0.132. The summed E-state index contributed by atoms with van der Waals surface area (Å²) >= 11 is 0. The molecule has 0 aliphatic rings. The molecule has 1 aromatic carbocycles. The molecule has 6 nitrogen and oxygen atoms in total. The van der Waals surface area contributed by atoms with Gasteiger partial charge in [0.05, 0.1) is 11.1 Å². The first-order valence-corrected chi connectivity index (χ1v) is 5.18. The molecule has 6 heteroatoms. The van der Waals surface area contributed by atoms with Crippen LogP contribution in [0.4, 0.5) is 0 Å². The van der Waals surface area contributed by atoms with Gasteiger partial charge in [-0.3, -0.25) is 4.79 Å². The number of aldehydes is 1. The third kappa shape index (κ3) is 3.88. The van der Waals surface area contributed by atoms with Crippen LogP contribution in [0.15, 0.2) is 36.9 Å². The van der Waals surface area contributed by atoms with Crippen LogP contribution in [0.5, 0.6) is 0 Å². The highest BCUT2D eigenvalue weighted by Crippen LogP contribution is 2.12. The maximum absolute atomic E-state index is 11.6. The van der Waals surface area contributed by atoms with Gasteiger partial charge in [-0.25, -0.2) is 14.4 Å². The summed E-state index contributed by atoms with van der Waals surface area (Å²) < 4.78 is 8.99. The molecule has 0 heterocycles. The minimum atomic E-state index is -0.997. The molecule has 0 N–H and O–H groups in total. The van der Waals surface area contributed by atoms with Gasteiger partial charge in [-0.05, 0) is 12.1 Å². The van der Waals surface area contributed by atoms with E-state index >= 15 is 0 Å². The van der Waals surface area contributed by atoms with E-state index in [1.807, 2.05) is 0 Å². The molecule has 1 rings (SSSR count). The maximum Gasteiger partial charge on any atom is 0.346 e. The van der Waals surface area contributed by atoms with E-state index in [4.69, 9.17) is 0 Å². The van der Waals surface area contributed by atoms with Crippen molar-refractivity contribution in [3.8, 4) is 0 Å². The summed E-state index contributed by atoms with van der Waals surface area (Å²) in [6.45, 7) is 2.73. The summed E-state index contributed by atoms with van der Waals surface area (Å²) in [5.74, 6) is -2.78. The molecule has 0 aliphatic carbocycles. The zero-order chi connectivity index (χ0) is 14.3. The Hall–Kier alpha value is -2.76. The molecule has 0 spiro atoms. The molecule has 19 heavy (non-hydrogen) atoms. The SMILES string of the molecule is C=CC(=O)OC(=O)c1ccccc1C(=O)OCC=O. The van der Waals surface area contributed by atoms with E-state index in [0.717, 1.165) is 6.08 Å². The lowest BCUT2D eigenvalue weighted by Crippen LogP contribution is -2.16. The lowest BCUT2D eigenvalue weighted by atomic mass is 10.1. The fourth-order valence-electron chi connectivity index (χ4n) is 1.21. The number of esters is 3. The van der Waals surface area contributed by atoms with Crippen molar-refractivity contribution in [2.24, 2.45) is 0 Å². The molecule has 0 saturated heterocycles. The summed E-state index contributed by atoms with van der Waals surface area (Å²) in [5, 5.41) is 0. The summed E-state index contributed by atoms with van der Waals surface area (Å²) in [5.41, 5.74) is -0.222. The molecule has 0 aliphatic heterocycles. The van der Waals surface area contributed by atoms with Gasteiger partial charge in [0.1, 0.15) is 6.61 Å². The van der Waals surface area contributed by atoms with Crippen LogP contribution in [0.3, 0.4) is 0 Å². The van der Waals surface area contributed by atoms with Gasteiger partial charge in [-0.1, -0.05) is 18.7 Å². The predicted octanol–water partition coefficient (Wildman–Crippen LogP) is 0.912. The molecule has 0 atom stereocenters. The fraction of sp³-hybridized carbons (Fsp3) is 0.0769. The number of carbonyl (C=O) groups is 4. The van der Waals surface area contributed by atoms with E-state index in [1.165, 1.54) is 24.3 Å². The minimum absolute atomic E-state index is 0.0915. The van der Waals surface area contributed by atoms with Crippen molar-refractivity contribution in [1.29, 1.82) is 0 Å². The highest BCUT2D eigenvalue weighted by molar-refractivity contribution is 6.07. The first-order chi connectivity index (χ1) is 9.10. The first kappa shape index (κ1) is 14.3. The Morgan fingerprint density at radius 2 is 1.68 bits per heavy atom. The quantitative estimate of drug-likeness (QED) is 0.339. The molecular formula is C13H10O6. The van der Waals surface area contributed by atoms with E-state index in [0.29, 0.717) is 6.29 Å². The Labute approximate surface area is 108 Å². The number of benzene rings is 1. The van der Waals surface area contributed by atoms with E-state index in [2.05, 4.69) is 16.1 Å². The standard InChI is InChI=1S/C13H10O6/c1-2-11(15)19-13(17)10-6-4-3-5-9(10)12(16)18-8-7-14/h2-7H,1,8H2. The van der Waals surface area contributed by atoms with Gasteiger partial charge in [0, 0.05) is 6.08 Å². The van der Waals surface area contributed by atoms with Gasteiger partial charge in [-0.15, -0.1) is 0 Å². The van der Waals surface area contributed by atoms with Crippen molar-refractivity contribution >= 4 is 24.2 Å². The highest BCUT2D eigenvalue weighted by atomic mass is 16.6. The van der Waals surface area contributed by atoms with Gasteiger partial charge in [0.15, 0.2) is 6.29 Å². The number of rotatable bonds is 5. The maximum atomic E-state index is 11.6. The Morgan fingerprint density at radius 3 is 2.21 bits per heavy atom. The second kappa shape index (κ2) is 6.85. The molecule has 1 aromatic rings. The predicted molar refractivity (Wildman–Crippen MR) is 63.4 cm³/mol. The normalized spacial score (nSPS) is 9.26. The third-order valence-electron chi connectivity index (χ3n) is 2.01. The van der Waals surface area contributed by atoms with Crippen LogP contribution in [0.2, 0.25) is 0 Å². The van der Waals surface area contributed by atoms with Gasteiger partial charge in [0.2, 0.25) is 0 Å². The van der Waals surface area contributed by atoms with Crippen molar-refractivity contribution < 1.29 is 28.7 Å². The highest BCUT2D eigenvalue weighted by Gasteiger charge is 2.20. The second-order valence-electron chi connectivity index (χ2n) is 3.22. The molecule has 0 amide bonds. The average Bonchev–Trinajstić information content (AvgIpc) is 2.44. The molecule has 0 radical (unpaired) electrons. The summed E-state index contributed by atoms with van der Waals surface area (Å²) in [7, 11) is 0. The number of hydrogen-bond donors (Lipinski definition) is 0. The minimum Gasteiger partial charge on any atom is -0.454 e. The summed E-state index contributed by atoms with van der Waals surface area (Å²) in [6, 6.07) is 5.62. The van der Waals surface area contributed by atoms with Crippen molar-refractivity contribution in [2.75, 3.05) is 6.61 Å². The third-order valence-corrected chi connectivity index (χ3v) is 2.01. The van der Waals surface area contributed by atoms with Crippen LogP contribution >= 0.6 is 0 Å². The Balaban J connectivity index is 2.98. The zero-order valence-corrected chi connectivity index (χ0v) is 9.83. The molecule has 0 saturated carbocycles. The monoisotopic (exact) mass is 262 g/mol. The van der Waals surface area contributed by atoms with Crippen molar-refractivity contribution in [3.63, 3.8) is 0 Å². The van der Waals surface area contributed by atoms with Gasteiger partial charge in [0.25, 0.3) is 0 Å². The molecule has 0 aromatic heterocycles. The Morgan fingerprint density at radius 1 is 1.11 bits per heavy atom. The second-order valence-corrected chi connectivity index (χ2v) is 3.22. The van der Waals surface area contributed by atoms with Crippen LogP contribution < -0.4 is 0 Å². The zero-order valence-electron chi connectivity index (χ0n) is 9.83. The smallest absolute Gasteiger partial charge is 0.346 e. The molecule has 0 unspecified atom stereocenters. The van der Waals surface area contributed by atoms with Crippen molar-refractivity contribution in [3.05, 3.63) is 48.0 Å². The molecule has 98 valence electrons. The van der Waals surface area contributed by atoms with E-state index in [1.54, 1.807) is 0 Å².